The van der Waals surface area contributed by atoms with Gasteiger partial charge in [-0.25, -0.2) is 0 Å². The van der Waals surface area contributed by atoms with Crippen molar-refractivity contribution in [1.29, 1.82) is 0 Å². The number of hydrogen-bond acceptors (Lipinski definition) is 5. The number of aryl methyl sites for hydroxylation is 1. The number of nitrogens with zero attached hydrogens (tertiary/aromatic N) is 1. The molecule has 27 heavy (non-hydrogen) atoms. The molecule has 0 radical (unpaired) electrons. The normalized spacial score (nSPS) is 10.9. The van der Waals surface area contributed by atoms with Gasteiger partial charge in [0.25, 0.3) is 5.56 Å². The minimum atomic E-state index is -0.547. The summed E-state index contributed by atoms with van der Waals surface area (Å²) in [7, 11) is 0. The van der Waals surface area contributed by atoms with E-state index in [9.17, 15) is 9.59 Å². The highest BCUT2D eigenvalue weighted by Gasteiger charge is 2.21. The SMILES string of the molecule is CCCCCCCCn1c(=O)c(OC(C)=O)c(OCC)c2ccc(N)cc21. The van der Waals surface area contributed by atoms with E-state index in [4.69, 9.17) is 15.2 Å². The van der Waals surface area contributed by atoms with Gasteiger partial charge in [0.15, 0.2) is 5.75 Å². The van der Waals surface area contributed by atoms with Crippen molar-refractivity contribution >= 4 is 22.6 Å². The van der Waals surface area contributed by atoms with E-state index in [1.54, 1.807) is 22.8 Å². The Balaban J connectivity index is 2.45. The quantitative estimate of drug-likeness (QED) is 0.381. The number of fused-ring (bicyclic) bond motifs is 1. The van der Waals surface area contributed by atoms with Gasteiger partial charge in [-0.15, -0.1) is 0 Å². The third kappa shape index (κ3) is 5.25. The van der Waals surface area contributed by atoms with Gasteiger partial charge in [-0.1, -0.05) is 39.0 Å². The molecule has 0 amide bonds. The number of carbonyl (C=O) groups is 1. The number of nitrogen functional groups attached to an aromatic ring is 1. The molecule has 6 heteroatoms. The lowest BCUT2D eigenvalue weighted by atomic mass is 10.1. The number of unbranched alkanes of at least 4 members (excludes halogenated alkanes) is 5. The maximum Gasteiger partial charge on any atom is 0.308 e. The molecule has 0 aliphatic rings. The number of ether oxygens (including phenoxy) is 2. The van der Waals surface area contributed by atoms with E-state index in [0.29, 0.717) is 35.5 Å². The summed E-state index contributed by atoms with van der Waals surface area (Å²) in [6.07, 6.45) is 6.72. The lowest BCUT2D eigenvalue weighted by Crippen LogP contribution is -2.25. The molecule has 0 spiro atoms. The van der Waals surface area contributed by atoms with Crippen LogP contribution in [0.2, 0.25) is 0 Å². The summed E-state index contributed by atoms with van der Waals surface area (Å²) >= 11 is 0. The number of aromatic nitrogens is 1. The van der Waals surface area contributed by atoms with Crippen LogP contribution in [-0.2, 0) is 11.3 Å². The number of carbonyl (C=O) groups excluding carboxylic acids is 1. The Morgan fingerprint density at radius 2 is 1.78 bits per heavy atom. The molecule has 1 heterocycles. The Kier molecular flexibility index (Phi) is 7.70. The van der Waals surface area contributed by atoms with Crippen molar-refractivity contribution in [2.24, 2.45) is 0 Å². The molecule has 0 saturated carbocycles. The molecule has 0 saturated heterocycles. The average molecular weight is 374 g/mol. The van der Waals surface area contributed by atoms with Gasteiger partial charge in [0.1, 0.15) is 0 Å². The molecule has 6 nitrogen and oxygen atoms in total. The Hall–Kier alpha value is -2.50. The molecule has 0 aliphatic heterocycles. The monoisotopic (exact) mass is 374 g/mol. The first kappa shape index (κ1) is 20.8. The van der Waals surface area contributed by atoms with Crippen molar-refractivity contribution in [2.75, 3.05) is 12.3 Å². The summed E-state index contributed by atoms with van der Waals surface area (Å²) in [5.74, 6) is -0.298. The fraction of sp³-hybridized carbons (Fsp3) is 0.524. The second kappa shape index (κ2) is 10.00. The molecule has 2 rings (SSSR count). The van der Waals surface area contributed by atoms with E-state index in [1.807, 2.05) is 6.92 Å². The highest BCUT2D eigenvalue weighted by atomic mass is 16.6. The number of anilines is 1. The van der Waals surface area contributed by atoms with Crippen LogP contribution < -0.4 is 20.8 Å². The summed E-state index contributed by atoms with van der Waals surface area (Å²) in [4.78, 5) is 24.6. The van der Waals surface area contributed by atoms with Crippen LogP contribution in [0.4, 0.5) is 5.69 Å². The minimum absolute atomic E-state index is 0.0485. The van der Waals surface area contributed by atoms with Gasteiger partial charge in [0, 0.05) is 24.5 Å². The van der Waals surface area contributed by atoms with E-state index >= 15 is 0 Å². The fourth-order valence-electron chi connectivity index (χ4n) is 3.21. The predicted molar refractivity (Wildman–Crippen MR) is 108 cm³/mol. The highest BCUT2D eigenvalue weighted by Crippen LogP contribution is 2.34. The van der Waals surface area contributed by atoms with E-state index < -0.39 is 5.97 Å². The third-order valence-electron chi connectivity index (χ3n) is 4.47. The topological polar surface area (TPSA) is 83.5 Å². The number of hydrogen-bond donors (Lipinski definition) is 1. The number of esters is 1. The number of rotatable bonds is 10. The zero-order chi connectivity index (χ0) is 19.8. The van der Waals surface area contributed by atoms with Crippen molar-refractivity contribution in [3.8, 4) is 11.5 Å². The molecule has 0 bridgehead atoms. The zero-order valence-corrected chi connectivity index (χ0v) is 16.5. The van der Waals surface area contributed by atoms with Crippen LogP contribution in [0.1, 0.15) is 59.3 Å². The Morgan fingerprint density at radius 3 is 2.44 bits per heavy atom. The maximum atomic E-state index is 13.1. The summed E-state index contributed by atoms with van der Waals surface area (Å²) < 4.78 is 12.5. The van der Waals surface area contributed by atoms with Gasteiger partial charge in [0.2, 0.25) is 5.75 Å². The van der Waals surface area contributed by atoms with Crippen molar-refractivity contribution < 1.29 is 14.3 Å². The Morgan fingerprint density at radius 1 is 1.07 bits per heavy atom. The number of nitrogens with two attached hydrogens (primary N) is 1. The molecular weight excluding hydrogens is 344 g/mol. The number of pyridine rings is 1. The average Bonchev–Trinajstić information content (AvgIpc) is 2.63. The predicted octanol–water partition coefficient (Wildman–Crippen LogP) is 4.27. The second-order valence-corrected chi connectivity index (χ2v) is 6.69. The van der Waals surface area contributed by atoms with Crippen molar-refractivity contribution in [3.63, 3.8) is 0 Å². The van der Waals surface area contributed by atoms with E-state index in [0.717, 1.165) is 19.3 Å². The summed E-state index contributed by atoms with van der Waals surface area (Å²) in [6.45, 7) is 6.19. The maximum absolute atomic E-state index is 13.1. The first-order valence-corrected chi connectivity index (χ1v) is 9.76. The molecule has 0 fully saturated rings. The fourth-order valence-corrected chi connectivity index (χ4v) is 3.21. The molecule has 1 aromatic heterocycles. The molecule has 1 aromatic carbocycles. The van der Waals surface area contributed by atoms with E-state index in [2.05, 4.69) is 6.92 Å². The molecule has 2 N–H and O–H groups in total. The molecule has 2 aromatic rings. The largest absolute Gasteiger partial charge is 0.489 e. The van der Waals surface area contributed by atoms with Crippen LogP contribution in [-0.4, -0.2) is 17.1 Å². The van der Waals surface area contributed by atoms with Crippen molar-refractivity contribution in [2.45, 2.75) is 65.8 Å². The number of benzene rings is 1. The van der Waals surface area contributed by atoms with E-state index in [1.165, 1.54) is 26.2 Å². The van der Waals surface area contributed by atoms with Gasteiger partial charge in [-0.05, 0) is 31.5 Å². The van der Waals surface area contributed by atoms with Crippen molar-refractivity contribution in [3.05, 3.63) is 28.6 Å². The molecular formula is C21H30N2O4. The molecule has 148 valence electrons. The van der Waals surface area contributed by atoms with Crippen LogP contribution in [0.5, 0.6) is 11.5 Å². The van der Waals surface area contributed by atoms with Crippen LogP contribution in [0.15, 0.2) is 23.0 Å². The Labute approximate surface area is 160 Å². The standard InChI is InChI=1S/C21H30N2O4/c1-4-6-7-8-9-10-13-23-18-14-16(22)11-12-17(18)19(26-5-2)20(21(23)25)27-15(3)24/h11-12,14H,4-10,13,22H2,1-3H3. The lowest BCUT2D eigenvalue weighted by Gasteiger charge is -2.17. The molecule has 0 unspecified atom stereocenters. The highest BCUT2D eigenvalue weighted by molar-refractivity contribution is 5.90. The van der Waals surface area contributed by atoms with Gasteiger partial charge in [0.05, 0.1) is 12.1 Å². The first-order chi connectivity index (χ1) is 13.0. The zero-order valence-electron chi connectivity index (χ0n) is 16.5. The van der Waals surface area contributed by atoms with Crippen LogP contribution in [0.25, 0.3) is 10.9 Å². The van der Waals surface area contributed by atoms with Gasteiger partial charge in [-0.3, -0.25) is 9.59 Å². The van der Waals surface area contributed by atoms with Crippen LogP contribution in [0.3, 0.4) is 0 Å². The lowest BCUT2D eigenvalue weighted by molar-refractivity contribution is -0.132. The first-order valence-electron chi connectivity index (χ1n) is 9.76. The Bertz CT molecular complexity index is 842. The van der Waals surface area contributed by atoms with Gasteiger partial charge in [-0.2, -0.15) is 0 Å². The van der Waals surface area contributed by atoms with Crippen molar-refractivity contribution in [1.82, 2.24) is 4.57 Å². The van der Waals surface area contributed by atoms with Crippen LogP contribution in [0, 0.1) is 0 Å². The van der Waals surface area contributed by atoms with Gasteiger partial charge < -0.3 is 19.8 Å². The third-order valence-corrected chi connectivity index (χ3v) is 4.47. The summed E-state index contributed by atoms with van der Waals surface area (Å²) in [5.41, 5.74) is 6.87. The molecule has 0 atom stereocenters. The van der Waals surface area contributed by atoms with Crippen LogP contribution >= 0.6 is 0 Å². The summed E-state index contributed by atoms with van der Waals surface area (Å²) in [5, 5.41) is 0.716. The minimum Gasteiger partial charge on any atom is -0.489 e. The second-order valence-electron chi connectivity index (χ2n) is 6.69. The summed E-state index contributed by atoms with van der Waals surface area (Å²) in [6, 6.07) is 5.33. The smallest absolute Gasteiger partial charge is 0.308 e. The molecule has 0 aliphatic carbocycles. The van der Waals surface area contributed by atoms with E-state index in [-0.39, 0.29) is 11.3 Å². The van der Waals surface area contributed by atoms with Gasteiger partial charge >= 0.3 is 5.97 Å².